The van der Waals surface area contributed by atoms with E-state index in [1.807, 2.05) is 7.05 Å². The van der Waals surface area contributed by atoms with E-state index in [1.54, 1.807) is 0 Å². The van der Waals surface area contributed by atoms with Gasteiger partial charge in [0.25, 0.3) is 0 Å². The first-order valence-electron chi connectivity index (χ1n) is 6.06. The molecule has 0 spiro atoms. The summed E-state index contributed by atoms with van der Waals surface area (Å²) in [6.45, 7) is 5.23. The van der Waals surface area contributed by atoms with Gasteiger partial charge < -0.3 is 9.88 Å². The minimum atomic E-state index is 0.385. The van der Waals surface area contributed by atoms with Crippen LogP contribution >= 0.6 is 0 Å². The molecular formula is C15H20N2. The monoisotopic (exact) mass is 228 g/mol. The van der Waals surface area contributed by atoms with Crippen molar-refractivity contribution in [1.29, 1.82) is 0 Å². The quantitative estimate of drug-likeness (QED) is 0.850. The average Bonchev–Trinajstić information content (AvgIpc) is 2.73. The minimum Gasteiger partial charge on any atom is -0.357 e. The summed E-state index contributed by atoms with van der Waals surface area (Å²) < 4.78 is 2.08. The maximum Gasteiger partial charge on any atom is 0.0294 e. The molecule has 0 radical (unpaired) electrons. The Balaban J connectivity index is 1.93. The van der Waals surface area contributed by atoms with Crippen LogP contribution in [0.1, 0.15) is 29.7 Å². The van der Waals surface area contributed by atoms with E-state index in [9.17, 15) is 0 Å². The van der Waals surface area contributed by atoms with Gasteiger partial charge in [0.1, 0.15) is 0 Å². The average molecular weight is 228 g/mol. The molecule has 2 rings (SSSR count). The number of benzene rings is 1. The molecule has 2 aromatic rings. The van der Waals surface area contributed by atoms with Crippen molar-refractivity contribution < 1.29 is 0 Å². The zero-order chi connectivity index (χ0) is 12.3. The SMILES string of the molecule is Cc1ccc(C(C)NCc2ccn(C)c2)cc1. The van der Waals surface area contributed by atoms with Gasteiger partial charge in [-0.1, -0.05) is 29.8 Å². The lowest BCUT2D eigenvalue weighted by Crippen LogP contribution is -2.17. The molecule has 1 aromatic heterocycles. The van der Waals surface area contributed by atoms with Gasteiger partial charge in [0, 0.05) is 32.0 Å². The largest absolute Gasteiger partial charge is 0.357 e. The molecule has 2 heteroatoms. The Labute approximate surface area is 103 Å². The molecule has 1 heterocycles. The number of nitrogens with zero attached hydrogens (tertiary/aromatic N) is 1. The van der Waals surface area contributed by atoms with Crippen LogP contribution in [0.5, 0.6) is 0 Å². The standard InChI is InChI=1S/C15H20N2/c1-12-4-6-15(7-5-12)13(2)16-10-14-8-9-17(3)11-14/h4-9,11,13,16H,10H2,1-3H3. The Hall–Kier alpha value is -1.54. The van der Waals surface area contributed by atoms with Gasteiger partial charge in [-0.15, -0.1) is 0 Å². The van der Waals surface area contributed by atoms with Crippen LogP contribution in [0.25, 0.3) is 0 Å². The molecular weight excluding hydrogens is 208 g/mol. The fourth-order valence-electron chi connectivity index (χ4n) is 1.91. The molecule has 2 nitrogen and oxygen atoms in total. The van der Waals surface area contributed by atoms with Gasteiger partial charge >= 0.3 is 0 Å². The summed E-state index contributed by atoms with van der Waals surface area (Å²) in [5.41, 5.74) is 3.97. The van der Waals surface area contributed by atoms with E-state index < -0.39 is 0 Å². The number of hydrogen-bond acceptors (Lipinski definition) is 1. The number of aryl methyl sites for hydroxylation is 2. The third-order valence-electron chi connectivity index (χ3n) is 3.08. The van der Waals surface area contributed by atoms with Gasteiger partial charge in [0.2, 0.25) is 0 Å². The number of nitrogens with one attached hydrogen (secondary N) is 1. The van der Waals surface area contributed by atoms with Crippen LogP contribution in [0.4, 0.5) is 0 Å². The zero-order valence-corrected chi connectivity index (χ0v) is 10.8. The third kappa shape index (κ3) is 3.21. The fourth-order valence-corrected chi connectivity index (χ4v) is 1.91. The van der Waals surface area contributed by atoms with E-state index in [2.05, 4.69) is 66.5 Å². The maximum atomic E-state index is 3.53. The van der Waals surface area contributed by atoms with E-state index in [0.717, 1.165) is 6.54 Å². The highest BCUT2D eigenvalue weighted by molar-refractivity contribution is 5.23. The molecule has 0 bridgehead atoms. The molecule has 0 saturated heterocycles. The Bertz CT molecular complexity index is 468. The van der Waals surface area contributed by atoms with Crippen molar-refractivity contribution in [3.63, 3.8) is 0 Å². The highest BCUT2D eigenvalue weighted by atomic mass is 14.9. The predicted octanol–water partition coefficient (Wildman–Crippen LogP) is 3.18. The molecule has 1 unspecified atom stereocenters. The van der Waals surface area contributed by atoms with Crippen LogP contribution in [-0.4, -0.2) is 4.57 Å². The number of aromatic nitrogens is 1. The molecule has 17 heavy (non-hydrogen) atoms. The first kappa shape index (κ1) is 11.9. The normalized spacial score (nSPS) is 12.6. The van der Waals surface area contributed by atoms with Crippen LogP contribution in [-0.2, 0) is 13.6 Å². The van der Waals surface area contributed by atoms with Gasteiger partial charge in [-0.2, -0.15) is 0 Å². The topological polar surface area (TPSA) is 17.0 Å². The molecule has 0 amide bonds. The molecule has 0 fully saturated rings. The van der Waals surface area contributed by atoms with Crippen molar-refractivity contribution in [2.45, 2.75) is 26.4 Å². The fraction of sp³-hybridized carbons (Fsp3) is 0.333. The Morgan fingerprint density at radius 2 is 1.88 bits per heavy atom. The summed E-state index contributed by atoms with van der Waals surface area (Å²) >= 11 is 0. The Morgan fingerprint density at radius 3 is 2.47 bits per heavy atom. The van der Waals surface area contributed by atoms with Crippen LogP contribution in [0.15, 0.2) is 42.7 Å². The Morgan fingerprint density at radius 1 is 1.18 bits per heavy atom. The van der Waals surface area contributed by atoms with Gasteiger partial charge in [-0.3, -0.25) is 0 Å². The molecule has 0 saturated carbocycles. The molecule has 90 valence electrons. The lowest BCUT2D eigenvalue weighted by molar-refractivity contribution is 0.574. The van der Waals surface area contributed by atoms with E-state index in [1.165, 1.54) is 16.7 Å². The van der Waals surface area contributed by atoms with Crippen LogP contribution in [0, 0.1) is 6.92 Å². The van der Waals surface area contributed by atoms with E-state index in [0.29, 0.717) is 6.04 Å². The summed E-state index contributed by atoms with van der Waals surface area (Å²) in [5.74, 6) is 0. The number of hydrogen-bond donors (Lipinski definition) is 1. The number of rotatable bonds is 4. The van der Waals surface area contributed by atoms with Gasteiger partial charge in [0.15, 0.2) is 0 Å². The second-order valence-corrected chi connectivity index (χ2v) is 4.70. The van der Waals surface area contributed by atoms with E-state index in [4.69, 9.17) is 0 Å². The van der Waals surface area contributed by atoms with Crippen molar-refractivity contribution in [3.8, 4) is 0 Å². The second kappa shape index (κ2) is 5.19. The smallest absolute Gasteiger partial charge is 0.0294 e. The summed E-state index contributed by atoms with van der Waals surface area (Å²) in [4.78, 5) is 0. The highest BCUT2D eigenvalue weighted by Crippen LogP contribution is 2.13. The van der Waals surface area contributed by atoms with Crippen molar-refractivity contribution in [2.75, 3.05) is 0 Å². The minimum absolute atomic E-state index is 0.385. The van der Waals surface area contributed by atoms with E-state index in [-0.39, 0.29) is 0 Å². The summed E-state index contributed by atoms with van der Waals surface area (Å²) in [6, 6.07) is 11.2. The maximum absolute atomic E-state index is 3.53. The molecule has 1 atom stereocenters. The van der Waals surface area contributed by atoms with Gasteiger partial charge in [-0.25, -0.2) is 0 Å². The lowest BCUT2D eigenvalue weighted by atomic mass is 10.1. The summed E-state index contributed by atoms with van der Waals surface area (Å²) in [7, 11) is 2.05. The zero-order valence-electron chi connectivity index (χ0n) is 10.8. The van der Waals surface area contributed by atoms with E-state index >= 15 is 0 Å². The molecule has 0 aliphatic heterocycles. The highest BCUT2D eigenvalue weighted by Gasteiger charge is 2.04. The molecule has 0 aliphatic rings. The van der Waals surface area contributed by atoms with Gasteiger partial charge in [0.05, 0.1) is 0 Å². The molecule has 1 N–H and O–H groups in total. The van der Waals surface area contributed by atoms with Crippen molar-refractivity contribution in [1.82, 2.24) is 9.88 Å². The summed E-state index contributed by atoms with van der Waals surface area (Å²) in [6.07, 6.45) is 4.22. The first-order chi connectivity index (χ1) is 8.15. The van der Waals surface area contributed by atoms with Crippen molar-refractivity contribution in [2.24, 2.45) is 7.05 Å². The summed E-state index contributed by atoms with van der Waals surface area (Å²) in [5, 5.41) is 3.53. The van der Waals surface area contributed by atoms with Crippen molar-refractivity contribution in [3.05, 3.63) is 59.4 Å². The second-order valence-electron chi connectivity index (χ2n) is 4.70. The van der Waals surface area contributed by atoms with Crippen LogP contribution in [0.2, 0.25) is 0 Å². The first-order valence-corrected chi connectivity index (χ1v) is 6.06. The van der Waals surface area contributed by atoms with Gasteiger partial charge in [-0.05, 0) is 31.0 Å². The van der Waals surface area contributed by atoms with Crippen molar-refractivity contribution >= 4 is 0 Å². The molecule has 1 aromatic carbocycles. The van der Waals surface area contributed by atoms with Crippen LogP contribution < -0.4 is 5.32 Å². The lowest BCUT2D eigenvalue weighted by Gasteiger charge is -2.13. The van der Waals surface area contributed by atoms with Crippen LogP contribution in [0.3, 0.4) is 0 Å². The Kier molecular flexibility index (Phi) is 3.64. The molecule has 0 aliphatic carbocycles. The third-order valence-corrected chi connectivity index (χ3v) is 3.08. The predicted molar refractivity (Wildman–Crippen MR) is 71.8 cm³/mol.